The Morgan fingerprint density at radius 3 is 2.65 bits per heavy atom. The number of hydrogen-bond donors (Lipinski definition) is 0. The Hall–Kier alpha value is -1.20. The van der Waals surface area contributed by atoms with Crippen molar-refractivity contribution in [2.24, 2.45) is 0 Å². The Bertz CT molecular complexity index is 430. The van der Waals surface area contributed by atoms with Gasteiger partial charge in [-0.25, -0.2) is 0 Å². The van der Waals surface area contributed by atoms with Crippen molar-refractivity contribution in [2.75, 3.05) is 11.4 Å². The third kappa shape index (κ3) is 2.56. The zero-order chi connectivity index (χ0) is 12.3. The molecule has 0 unspecified atom stereocenters. The van der Waals surface area contributed by atoms with Gasteiger partial charge in [-0.3, -0.25) is 0 Å². The van der Waals surface area contributed by atoms with Crippen LogP contribution in [0.1, 0.15) is 38.2 Å². The average Bonchev–Trinajstić information content (AvgIpc) is 2.85. The summed E-state index contributed by atoms with van der Waals surface area (Å²) in [5, 5.41) is 9.53. The maximum absolute atomic E-state index is 8.84. The van der Waals surface area contributed by atoms with Gasteiger partial charge < -0.3 is 4.90 Å². The highest BCUT2D eigenvalue weighted by atomic mass is 35.5. The number of hydrogen-bond acceptors (Lipinski definition) is 2. The molecule has 1 saturated carbocycles. The molecule has 1 fully saturated rings. The van der Waals surface area contributed by atoms with Crippen molar-refractivity contribution >= 4 is 17.3 Å². The number of benzene rings is 1. The molecule has 0 amide bonds. The minimum atomic E-state index is 0.616. The van der Waals surface area contributed by atoms with Crippen LogP contribution in [-0.4, -0.2) is 12.6 Å². The first-order chi connectivity index (χ1) is 8.26. The summed E-state index contributed by atoms with van der Waals surface area (Å²) in [6, 6.07) is 8.31. The van der Waals surface area contributed by atoms with Crippen molar-refractivity contribution in [3.8, 4) is 6.07 Å². The van der Waals surface area contributed by atoms with Crippen molar-refractivity contribution in [2.45, 2.75) is 38.6 Å². The Kier molecular flexibility index (Phi) is 3.91. The van der Waals surface area contributed by atoms with Gasteiger partial charge in [0.1, 0.15) is 0 Å². The van der Waals surface area contributed by atoms with Crippen LogP contribution in [0.2, 0.25) is 5.02 Å². The Morgan fingerprint density at radius 2 is 2.12 bits per heavy atom. The van der Waals surface area contributed by atoms with Crippen LogP contribution in [0.25, 0.3) is 0 Å². The first-order valence-electron chi connectivity index (χ1n) is 6.22. The molecule has 0 saturated heterocycles. The molecular formula is C14H17ClN2. The molecule has 2 rings (SSSR count). The predicted octanol–water partition coefficient (Wildman–Crippen LogP) is 3.98. The fraction of sp³-hybridized carbons (Fsp3) is 0.500. The van der Waals surface area contributed by atoms with Crippen LogP contribution in [0, 0.1) is 11.3 Å². The normalized spacial score (nSPS) is 15.8. The summed E-state index contributed by atoms with van der Waals surface area (Å²) in [4.78, 5) is 2.37. The molecule has 1 aliphatic rings. The first kappa shape index (κ1) is 12.3. The summed E-state index contributed by atoms with van der Waals surface area (Å²) in [6.45, 7) is 3.13. The first-order valence-corrected chi connectivity index (χ1v) is 6.60. The number of nitriles is 1. The summed E-state index contributed by atoms with van der Waals surface area (Å²) >= 11 is 6.27. The number of halogens is 1. The van der Waals surface area contributed by atoms with Gasteiger partial charge in [0.25, 0.3) is 0 Å². The van der Waals surface area contributed by atoms with Crippen LogP contribution < -0.4 is 4.90 Å². The Morgan fingerprint density at radius 1 is 1.41 bits per heavy atom. The monoisotopic (exact) mass is 248 g/mol. The number of rotatable bonds is 3. The molecule has 0 radical (unpaired) electrons. The summed E-state index contributed by atoms with van der Waals surface area (Å²) in [5.74, 6) is 0. The molecular weight excluding hydrogens is 232 g/mol. The summed E-state index contributed by atoms with van der Waals surface area (Å²) in [7, 11) is 0. The maximum Gasteiger partial charge on any atom is 0.0992 e. The van der Waals surface area contributed by atoms with E-state index < -0.39 is 0 Å². The van der Waals surface area contributed by atoms with Gasteiger partial charge in [0.2, 0.25) is 0 Å². The minimum absolute atomic E-state index is 0.616. The van der Waals surface area contributed by atoms with E-state index in [4.69, 9.17) is 16.9 Å². The molecule has 2 nitrogen and oxygen atoms in total. The van der Waals surface area contributed by atoms with E-state index in [2.05, 4.69) is 17.9 Å². The zero-order valence-corrected chi connectivity index (χ0v) is 10.9. The van der Waals surface area contributed by atoms with E-state index in [9.17, 15) is 0 Å². The summed E-state index contributed by atoms with van der Waals surface area (Å²) < 4.78 is 0. The van der Waals surface area contributed by atoms with Gasteiger partial charge in [-0.05, 0) is 38.0 Å². The van der Waals surface area contributed by atoms with Crippen LogP contribution in [0.5, 0.6) is 0 Å². The van der Waals surface area contributed by atoms with Crippen LogP contribution in [-0.2, 0) is 0 Å². The van der Waals surface area contributed by atoms with E-state index in [1.807, 2.05) is 12.1 Å². The van der Waals surface area contributed by atoms with Crippen LogP contribution in [0.4, 0.5) is 5.69 Å². The molecule has 0 aliphatic heterocycles. The van der Waals surface area contributed by atoms with E-state index in [1.165, 1.54) is 25.7 Å². The van der Waals surface area contributed by atoms with Gasteiger partial charge in [0, 0.05) is 12.6 Å². The van der Waals surface area contributed by atoms with Crippen LogP contribution >= 0.6 is 11.6 Å². The quantitative estimate of drug-likeness (QED) is 0.809. The second kappa shape index (κ2) is 5.42. The maximum atomic E-state index is 8.84. The topological polar surface area (TPSA) is 27.0 Å². The predicted molar refractivity (Wildman–Crippen MR) is 71.4 cm³/mol. The van der Waals surface area contributed by atoms with E-state index >= 15 is 0 Å². The lowest BCUT2D eigenvalue weighted by molar-refractivity contribution is 0.620. The Balaban J connectivity index is 2.27. The van der Waals surface area contributed by atoms with Crippen LogP contribution in [0.3, 0.4) is 0 Å². The molecule has 1 aliphatic carbocycles. The SMILES string of the molecule is CCN(c1ccc(C#N)cc1Cl)C1CCCC1. The second-order valence-electron chi connectivity index (χ2n) is 4.50. The van der Waals surface area contributed by atoms with Gasteiger partial charge >= 0.3 is 0 Å². The van der Waals surface area contributed by atoms with Crippen molar-refractivity contribution in [3.05, 3.63) is 28.8 Å². The van der Waals surface area contributed by atoms with E-state index in [0.717, 1.165) is 12.2 Å². The van der Waals surface area contributed by atoms with Gasteiger partial charge in [-0.2, -0.15) is 5.26 Å². The van der Waals surface area contributed by atoms with Crippen molar-refractivity contribution < 1.29 is 0 Å². The molecule has 0 aromatic heterocycles. The summed E-state index contributed by atoms with van der Waals surface area (Å²) in [5.41, 5.74) is 1.70. The lowest BCUT2D eigenvalue weighted by Gasteiger charge is -2.30. The molecule has 0 bridgehead atoms. The van der Waals surface area contributed by atoms with Gasteiger partial charge in [0.05, 0.1) is 22.3 Å². The summed E-state index contributed by atoms with van der Waals surface area (Å²) in [6.07, 6.45) is 5.14. The standard InChI is InChI=1S/C14H17ClN2/c1-2-17(12-5-3-4-6-12)14-8-7-11(10-16)9-13(14)15/h7-9,12H,2-6H2,1H3. The van der Waals surface area contributed by atoms with E-state index in [0.29, 0.717) is 16.6 Å². The molecule has 0 spiro atoms. The van der Waals surface area contributed by atoms with Gasteiger partial charge in [-0.1, -0.05) is 24.4 Å². The molecule has 90 valence electrons. The zero-order valence-electron chi connectivity index (χ0n) is 10.1. The number of anilines is 1. The fourth-order valence-electron chi connectivity index (χ4n) is 2.65. The van der Waals surface area contributed by atoms with Crippen molar-refractivity contribution in [3.63, 3.8) is 0 Å². The molecule has 3 heteroatoms. The van der Waals surface area contributed by atoms with E-state index in [-0.39, 0.29) is 0 Å². The van der Waals surface area contributed by atoms with Gasteiger partial charge in [-0.15, -0.1) is 0 Å². The van der Waals surface area contributed by atoms with Crippen molar-refractivity contribution in [1.82, 2.24) is 0 Å². The van der Waals surface area contributed by atoms with Crippen LogP contribution in [0.15, 0.2) is 18.2 Å². The second-order valence-corrected chi connectivity index (χ2v) is 4.91. The molecule has 0 N–H and O–H groups in total. The van der Waals surface area contributed by atoms with Crippen molar-refractivity contribution in [1.29, 1.82) is 5.26 Å². The van der Waals surface area contributed by atoms with E-state index in [1.54, 1.807) is 6.07 Å². The third-order valence-corrected chi connectivity index (χ3v) is 3.80. The molecule has 1 aromatic carbocycles. The molecule has 0 heterocycles. The molecule has 17 heavy (non-hydrogen) atoms. The average molecular weight is 249 g/mol. The Labute approximate surface area is 108 Å². The third-order valence-electron chi connectivity index (χ3n) is 3.49. The highest BCUT2D eigenvalue weighted by Crippen LogP contribution is 2.33. The molecule has 1 aromatic rings. The lowest BCUT2D eigenvalue weighted by atomic mass is 10.1. The highest BCUT2D eigenvalue weighted by Gasteiger charge is 2.23. The number of nitrogens with zero attached hydrogens (tertiary/aromatic N) is 2. The largest absolute Gasteiger partial charge is 0.368 e. The minimum Gasteiger partial charge on any atom is -0.368 e. The lowest BCUT2D eigenvalue weighted by Crippen LogP contribution is -2.33. The van der Waals surface area contributed by atoms with Gasteiger partial charge in [0.15, 0.2) is 0 Å². The fourth-order valence-corrected chi connectivity index (χ4v) is 2.94. The highest BCUT2D eigenvalue weighted by molar-refractivity contribution is 6.33. The molecule has 0 atom stereocenters. The smallest absolute Gasteiger partial charge is 0.0992 e.